The van der Waals surface area contributed by atoms with Crippen molar-refractivity contribution in [2.24, 2.45) is 5.73 Å². The van der Waals surface area contributed by atoms with Crippen molar-refractivity contribution in [3.05, 3.63) is 36.4 Å². The first-order valence-electron chi connectivity index (χ1n) is 4.82. The summed E-state index contributed by atoms with van der Waals surface area (Å²) in [5, 5.41) is 0. The third kappa shape index (κ3) is 3.15. The van der Waals surface area contributed by atoms with Gasteiger partial charge < -0.3 is 15.2 Å². The Labute approximate surface area is 103 Å². The van der Waals surface area contributed by atoms with Gasteiger partial charge in [0.15, 0.2) is 0 Å². The van der Waals surface area contributed by atoms with Crippen LogP contribution in [-0.4, -0.2) is 14.2 Å². The van der Waals surface area contributed by atoms with Gasteiger partial charge in [-0.05, 0) is 18.6 Å². The summed E-state index contributed by atoms with van der Waals surface area (Å²) in [7, 11) is 3.25. The van der Waals surface area contributed by atoms with Crippen LogP contribution in [0.2, 0.25) is 0 Å². The Balaban J connectivity index is 0.00000225. The van der Waals surface area contributed by atoms with Crippen LogP contribution in [0.3, 0.4) is 0 Å². The maximum atomic E-state index is 6.03. The Morgan fingerprint density at radius 2 is 1.81 bits per heavy atom. The molecule has 1 atom stereocenters. The van der Waals surface area contributed by atoms with E-state index < -0.39 is 0 Å². The van der Waals surface area contributed by atoms with Gasteiger partial charge in [-0.2, -0.15) is 0 Å². The minimum absolute atomic E-state index is 0. The molecule has 16 heavy (non-hydrogen) atoms. The highest BCUT2D eigenvalue weighted by atomic mass is 35.5. The lowest BCUT2D eigenvalue weighted by Crippen LogP contribution is -2.12. The SMILES string of the molecule is C=CC[C@H](N)c1c(OC)cccc1OC.Cl. The van der Waals surface area contributed by atoms with E-state index in [2.05, 4.69) is 6.58 Å². The van der Waals surface area contributed by atoms with Gasteiger partial charge in [-0.15, -0.1) is 19.0 Å². The molecule has 0 aliphatic heterocycles. The summed E-state index contributed by atoms with van der Waals surface area (Å²) in [5.41, 5.74) is 6.92. The van der Waals surface area contributed by atoms with E-state index in [0.717, 1.165) is 17.1 Å². The van der Waals surface area contributed by atoms with Gasteiger partial charge >= 0.3 is 0 Å². The third-order valence-corrected chi connectivity index (χ3v) is 2.26. The minimum Gasteiger partial charge on any atom is -0.496 e. The zero-order valence-corrected chi connectivity index (χ0v) is 10.4. The molecule has 0 fully saturated rings. The van der Waals surface area contributed by atoms with E-state index in [-0.39, 0.29) is 18.4 Å². The smallest absolute Gasteiger partial charge is 0.127 e. The normalized spacial score (nSPS) is 11.2. The van der Waals surface area contributed by atoms with Crippen molar-refractivity contribution in [2.75, 3.05) is 14.2 Å². The standard InChI is InChI=1S/C12H17NO2.ClH/c1-4-6-9(13)12-10(14-2)7-5-8-11(12)15-3;/h4-5,7-9H,1,6,13H2,2-3H3;1H/t9-;/m0./s1. The highest BCUT2D eigenvalue weighted by Gasteiger charge is 2.15. The van der Waals surface area contributed by atoms with Gasteiger partial charge in [0.25, 0.3) is 0 Å². The predicted octanol–water partition coefficient (Wildman–Crippen LogP) is 2.70. The highest BCUT2D eigenvalue weighted by Crippen LogP contribution is 2.34. The van der Waals surface area contributed by atoms with Crippen molar-refractivity contribution in [2.45, 2.75) is 12.5 Å². The first-order chi connectivity index (χ1) is 7.24. The van der Waals surface area contributed by atoms with Gasteiger partial charge in [0.2, 0.25) is 0 Å². The monoisotopic (exact) mass is 243 g/mol. The molecule has 3 nitrogen and oxygen atoms in total. The Bertz CT molecular complexity index is 320. The maximum absolute atomic E-state index is 6.03. The van der Waals surface area contributed by atoms with E-state index in [1.807, 2.05) is 18.2 Å². The molecule has 0 spiro atoms. The topological polar surface area (TPSA) is 44.5 Å². The van der Waals surface area contributed by atoms with Crippen molar-refractivity contribution >= 4 is 12.4 Å². The van der Waals surface area contributed by atoms with E-state index in [4.69, 9.17) is 15.2 Å². The second-order valence-corrected chi connectivity index (χ2v) is 3.21. The first-order valence-corrected chi connectivity index (χ1v) is 4.82. The summed E-state index contributed by atoms with van der Waals surface area (Å²) in [6.07, 6.45) is 2.48. The Morgan fingerprint density at radius 1 is 1.31 bits per heavy atom. The maximum Gasteiger partial charge on any atom is 0.127 e. The van der Waals surface area contributed by atoms with Crippen LogP contribution in [0.15, 0.2) is 30.9 Å². The molecule has 4 heteroatoms. The number of methoxy groups -OCH3 is 2. The van der Waals surface area contributed by atoms with Crippen molar-refractivity contribution in [3.8, 4) is 11.5 Å². The zero-order valence-electron chi connectivity index (χ0n) is 9.60. The third-order valence-electron chi connectivity index (χ3n) is 2.26. The first kappa shape index (κ1) is 14.8. The molecule has 0 unspecified atom stereocenters. The van der Waals surface area contributed by atoms with Crippen molar-refractivity contribution < 1.29 is 9.47 Å². The molecule has 0 aromatic heterocycles. The van der Waals surface area contributed by atoms with Crippen LogP contribution in [0.25, 0.3) is 0 Å². The number of nitrogens with two attached hydrogens (primary N) is 1. The lowest BCUT2D eigenvalue weighted by Gasteiger charge is -2.17. The molecule has 0 bridgehead atoms. The quantitative estimate of drug-likeness (QED) is 0.809. The van der Waals surface area contributed by atoms with E-state index in [9.17, 15) is 0 Å². The summed E-state index contributed by atoms with van der Waals surface area (Å²) in [5.74, 6) is 1.51. The van der Waals surface area contributed by atoms with Crippen LogP contribution in [-0.2, 0) is 0 Å². The summed E-state index contributed by atoms with van der Waals surface area (Å²) in [4.78, 5) is 0. The molecule has 0 aliphatic carbocycles. The lowest BCUT2D eigenvalue weighted by molar-refractivity contribution is 0.379. The summed E-state index contributed by atoms with van der Waals surface area (Å²) < 4.78 is 10.5. The number of halogens is 1. The second kappa shape index (κ2) is 7.14. The lowest BCUT2D eigenvalue weighted by atomic mass is 10.0. The average molecular weight is 244 g/mol. The molecular formula is C12H18ClNO2. The van der Waals surface area contributed by atoms with Crippen LogP contribution in [0, 0.1) is 0 Å². The second-order valence-electron chi connectivity index (χ2n) is 3.21. The van der Waals surface area contributed by atoms with Crippen LogP contribution in [0.4, 0.5) is 0 Å². The van der Waals surface area contributed by atoms with Gasteiger partial charge in [0.1, 0.15) is 11.5 Å². The molecule has 0 saturated carbocycles. The number of ether oxygens (including phenoxy) is 2. The number of hydrogen-bond donors (Lipinski definition) is 1. The zero-order chi connectivity index (χ0) is 11.3. The van der Waals surface area contributed by atoms with E-state index in [1.54, 1.807) is 20.3 Å². The van der Waals surface area contributed by atoms with Crippen LogP contribution < -0.4 is 15.2 Å². The molecule has 90 valence electrons. The minimum atomic E-state index is -0.145. The molecule has 1 aromatic carbocycles. The number of benzene rings is 1. The predicted molar refractivity (Wildman–Crippen MR) is 68.5 cm³/mol. The van der Waals surface area contributed by atoms with Gasteiger partial charge in [-0.25, -0.2) is 0 Å². The Kier molecular flexibility index (Phi) is 6.61. The van der Waals surface area contributed by atoms with Crippen molar-refractivity contribution in [1.82, 2.24) is 0 Å². The van der Waals surface area contributed by atoms with E-state index >= 15 is 0 Å². The van der Waals surface area contributed by atoms with E-state index in [1.165, 1.54) is 0 Å². The van der Waals surface area contributed by atoms with E-state index in [0.29, 0.717) is 6.42 Å². The number of rotatable bonds is 5. The molecule has 1 aromatic rings. The summed E-state index contributed by atoms with van der Waals surface area (Å²) in [6.45, 7) is 3.68. The summed E-state index contributed by atoms with van der Waals surface area (Å²) in [6, 6.07) is 5.48. The molecule has 0 saturated heterocycles. The number of hydrogen-bond acceptors (Lipinski definition) is 3. The van der Waals surface area contributed by atoms with Gasteiger partial charge in [0.05, 0.1) is 19.8 Å². The van der Waals surface area contributed by atoms with Crippen LogP contribution >= 0.6 is 12.4 Å². The molecule has 0 aliphatic rings. The van der Waals surface area contributed by atoms with Crippen molar-refractivity contribution in [3.63, 3.8) is 0 Å². The fraction of sp³-hybridized carbons (Fsp3) is 0.333. The fourth-order valence-electron chi connectivity index (χ4n) is 1.54. The molecule has 0 heterocycles. The summed E-state index contributed by atoms with van der Waals surface area (Å²) >= 11 is 0. The highest BCUT2D eigenvalue weighted by molar-refractivity contribution is 5.85. The van der Waals surface area contributed by atoms with Crippen LogP contribution in [0.5, 0.6) is 11.5 Å². The van der Waals surface area contributed by atoms with Gasteiger partial charge in [-0.1, -0.05) is 12.1 Å². The molecule has 0 radical (unpaired) electrons. The van der Waals surface area contributed by atoms with Gasteiger partial charge in [0, 0.05) is 6.04 Å². The average Bonchev–Trinajstić information content (AvgIpc) is 2.28. The molecule has 0 amide bonds. The Morgan fingerprint density at radius 3 is 2.19 bits per heavy atom. The largest absolute Gasteiger partial charge is 0.496 e. The molecule has 2 N–H and O–H groups in total. The molecular weight excluding hydrogens is 226 g/mol. The molecule has 1 rings (SSSR count). The Hall–Kier alpha value is -1.19. The fourth-order valence-corrected chi connectivity index (χ4v) is 1.54. The van der Waals surface area contributed by atoms with Gasteiger partial charge in [-0.3, -0.25) is 0 Å². The van der Waals surface area contributed by atoms with Crippen LogP contribution in [0.1, 0.15) is 18.0 Å². The van der Waals surface area contributed by atoms with Crippen molar-refractivity contribution in [1.29, 1.82) is 0 Å².